The normalized spacial score (nSPS) is 13.3. The van der Waals surface area contributed by atoms with E-state index in [-0.39, 0.29) is 5.91 Å². The number of aliphatic hydroxyl groups is 1. The van der Waals surface area contributed by atoms with Crippen LogP contribution in [0, 0.1) is 5.92 Å². The van der Waals surface area contributed by atoms with Crippen LogP contribution in [0.25, 0.3) is 0 Å². The first-order chi connectivity index (χ1) is 12.7. The van der Waals surface area contributed by atoms with Crippen molar-refractivity contribution in [3.63, 3.8) is 0 Å². The standard InChI is InChI=1S/C23H27NO2/c1-3-11-21(22(25)12-4-2)23(26)24(17-19-13-7-5-8-14-19)18-20-15-9-6-10-16-20/h3-10,12-16,21-22,25H,1,11,17-18H2,2H3/b12-4+/t21-,22+/m0/s1. The molecule has 1 amide bonds. The van der Waals surface area contributed by atoms with Gasteiger partial charge in [-0.05, 0) is 24.5 Å². The second kappa shape index (κ2) is 10.4. The van der Waals surface area contributed by atoms with Gasteiger partial charge >= 0.3 is 0 Å². The maximum atomic E-state index is 13.2. The molecule has 0 aliphatic rings. The molecule has 136 valence electrons. The van der Waals surface area contributed by atoms with Crippen molar-refractivity contribution in [2.75, 3.05) is 0 Å². The summed E-state index contributed by atoms with van der Waals surface area (Å²) in [5.74, 6) is -0.598. The molecule has 2 aromatic rings. The third-order valence-electron chi connectivity index (χ3n) is 4.28. The maximum absolute atomic E-state index is 13.2. The van der Waals surface area contributed by atoms with Crippen molar-refractivity contribution in [2.45, 2.75) is 32.5 Å². The number of nitrogens with zero attached hydrogens (tertiary/aromatic N) is 1. The Kier molecular flexibility index (Phi) is 7.84. The Morgan fingerprint density at radius 3 is 1.96 bits per heavy atom. The van der Waals surface area contributed by atoms with Crippen molar-refractivity contribution >= 4 is 5.91 Å². The lowest BCUT2D eigenvalue weighted by Crippen LogP contribution is -2.39. The van der Waals surface area contributed by atoms with Gasteiger partial charge in [-0.1, -0.05) is 78.9 Å². The zero-order valence-electron chi connectivity index (χ0n) is 15.3. The molecule has 0 heterocycles. The molecule has 0 aliphatic carbocycles. The average molecular weight is 349 g/mol. The maximum Gasteiger partial charge on any atom is 0.229 e. The third-order valence-corrected chi connectivity index (χ3v) is 4.28. The highest BCUT2D eigenvalue weighted by molar-refractivity contribution is 5.80. The quantitative estimate of drug-likeness (QED) is 0.684. The number of carbonyl (C=O) groups excluding carboxylic acids is 1. The summed E-state index contributed by atoms with van der Waals surface area (Å²) in [5.41, 5.74) is 2.13. The molecule has 1 N–H and O–H groups in total. The van der Waals surface area contributed by atoms with Crippen LogP contribution in [-0.2, 0) is 17.9 Å². The first-order valence-electron chi connectivity index (χ1n) is 8.94. The zero-order valence-corrected chi connectivity index (χ0v) is 15.3. The van der Waals surface area contributed by atoms with E-state index in [2.05, 4.69) is 6.58 Å². The highest BCUT2D eigenvalue weighted by Gasteiger charge is 2.28. The molecule has 2 rings (SSSR count). The number of aliphatic hydroxyl groups excluding tert-OH is 1. The number of hydrogen-bond acceptors (Lipinski definition) is 2. The van der Waals surface area contributed by atoms with E-state index >= 15 is 0 Å². The van der Waals surface area contributed by atoms with E-state index in [9.17, 15) is 9.90 Å². The van der Waals surface area contributed by atoms with Gasteiger partial charge in [-0.2, -0.15) is 0 Å². The van der Waals surface area contributed by atoms with Gasteiger partial charge in [0.25, 0.3) is 0 Å². The van der Waals surface area contributed by atoms with Crippen molar-refractivity contribution in [1.29, 1.82) is 0 Å². The van der Waals surface area contributed by atoms with Gasteiger partial charge in [0.05, 0.1) is 12.0 Å². The summed E-state index contributed by atoms with van der Waals surface area (Å²) in [7, 11) is 0. The molecule has 2 aromatic carbocycles. The van der Waals surface area contributed by atoms with E-state index in [1.54, 1.807) is 18.2 Å². The third kappa shape index (κ3) is 5.71. The molecular weight excluding hydrogens is 322 g/mol. The fourth-order valence-corrected chi connectivity index (χ4v) is 2.95. The molecule has 0 aromatic heterocycles. The molecule has 0 saturated carbocycles. The van der Waals surface area contributed by atoms with E-state index in [0.717, 1.165) is 11.1 Å². The number of allylic oxidation sites excluding steroid dienone is 2. The number of carbonyl (C=O) groups is 1. The highest BCUT2D eigenvalue weighted by atomic mass is 16.3. The second-order valence-electron chi connectivity index (χ2n) is 6.31. The molecule has 0 fully saturated rings. The minimum Gasteiger partial charge on any atom is -0.388 e. The minimum absolute atomic E-state index is 0.0665. The summed E-state index contributed by atoms with van der Waals surface area (Å²) in [6.45, 7) is 6.59. The van der Waals surface area contributed by atoms with Crippen LogP contribution in [-0.4, -0.2) is 22.0 Å². The lowest BCUT2D eigenvalue weighted by Gasteiger charge is -2.29. The van der Waals surface area contributed by atoms with Crippen molar-refractivity contribution in [1.82, 2.24) is 4.90 Å². The number of benzene rings is 2. The van der Waals surface area contributed by atoms with Crippen molar-refractivity contribution < 1.29 is 9.90 Å². The molecule has 0 unspecified atom stereocenters. The minimum atomic E-state index is -0.820. The van der Waals surface area contributed by atoms with Gasteiger partial charge in [-0.3, -0.25) is 4.79 Å². The van der Waals surface area contributed by atoms with Gasteiger partial charge in [-0.15, -0.1) is 6.58 Å². The van der Waals surface area contributed by atoms with Gasteiger partial charge < -0.3 is 10.0 Å². The molecule has 0 radical (unpaired) electrons. The Balaban J connectivity index is 2.27. The van der Waals surface area contributed by atoms with Gasteiger partial charge in [0.15, 0.2) is 0 Å². The summed E-state index contributed by atoms with van der Waals surface area (Å²) in [5, 5.41) is 10.4. The summed E-state index contributed by atoms with van der Waals surface area (Å²) < 4.78 is 0. The van der Waals surface area contributed by atoms with Crippen LogP contribution in [0.2, 0.25) is 0 Å². The first kappa shape index (κ1) is 19.7. The van der Waals surface area contributed by atoms with E-state index in [4.69, 9.17) is 0 Å². The van der Waals surface area contributed by atoms with Gasteiger partial charge in [0.1, 0.15) is 0 Å². The Labute approximate surface area is 156 Å². The van der Waals surface area contributed by atoms with Crippen molar-refractivity contribution in [3.05, 3.63) is 96.6 Å². The fraction of sp³-hybridized carbons (Fsp3) is 0.261. The van der Waals surface area contributed by atoms with E-state index in [1.807, 2.05) is 72.5 Å². The number of rotatable bonds is 9. The van der Waals surface area contributed by atoms with Gasteiger partial charge in [0, 0.05) is 13.1 Å². The summed E-state index contributed by atoms with van der Waals surface area (Å²) >= 11 is 0. The smallest absolute Gasteiger partial charge is 0.229 e. The molecule has 2 atom stereocenters. The lowest BCUT2D eigenvalue weighted by molar-refractivity contribution is -0.139. The number of hydrogen-bond donors (Lipinski definition) is 1. The van der Waals surface area contributed by atoms with Gasteiger partial charge in [0.2, 0.25) is 5.91 Å². The topological polar surface area (TPSA) is 40.5 Å². The predicted octanol–water partition coefficient (Wildman–Crippen LogP) is 4.34. The fourth-order valence-electron chi connectivity index (χ4n) is 2.95. The number of amides is 1. The van der Waals surface area contributed by atoms with Gasteiger partial charge in [-0.25, -0.2) is 0 Å². The molecule has 0 bridgehead atoms. The Morgan fingerprint density at radius 1 is 1.04 bits per heavy atom. The second-order valence-corrected chi connectivity index (χ2v) is 6.31. The van der Waals surface area contributed by atoms with E-state index in [1.165, 1.54) is 0 Å². The van der Waals surface area contributed by atoms with Crippen LogP contribution in [0.5, 0.6) is 0 Å². The SMILES string of the molecule is C=CC[C@H](C(=O)N(Cc1ccccc1)Cc1ccccc1)[C@H](O)/C=C/C. The summed E-state index contributed by atoms with van der Waals surface area (Å²) in [4.78, 5) is 15.1. The molecular formula is C23H27NO2. The van der Waals surface area contributed by atoms with Crippen molar-refractivity contribution in [3.8, 4) is 0 Å². The molecule has 0 saturated heterocycles. The van der Waals surface area contributed by atoms with Crippen LogP contribution in [0.4, 0.5) is 0 Å². The van der Waals surface area contributed by atoms with E-state index in [0.29, 0.717) is 19.5 Å². The summed E-state index contributed by atoms with van der Waals surface area (Å²) in [6.07, 6.45) is 4.74. The summed E-state index contributed by atoms with van der Waals surface area (Å²) in [6, 6.07) is 19.8. The van der Waals surface area contributed by atoms with Crippen LogP contribution < -0.4 is 0 Å². The predicted molar refractivity (Wildman–Crippen MR) is 106 cm³/mol. The highest BCUT2D eigenvalue weighted by Crippen LogP contribution is 2.19. The average Bonchev–Trinajstić information content (AvgIpc) is 2.67. The lowest BCUT2D eigenvalue weighted by atomic mass is 9.95. The Morgan fingerprint density at radius 2 is 1.54 bits per heavy atom. The van der Waals surface area contributed by atoms with Crippen LogP contribution in [0.3, 0.4) is 0 Å². The molecule has 3 nitrogen and oxygen atoms in total. The zero-order chi connectivity index (χ0) is 18.8. The first-order valence-corrected chi connectivity index (χ1v) is 8.94. The monoisotopic (exact) mass is 349 g/mol. The molecule has 3 heteroatoms. The molecule has 26 heavy (non-hydrogen) atoms. The van der Waals surface area contributed by atoms with Crippen LogP contribution in [0.1, 0.15) is 24.5 Å². The Bertz CT molecular complexity index is 668. The van der Waals surface area contributed by atoms with Crippen LogP contribution in [0.15, 0.2) is 85.5 Å². The van der Waals surface area contributed by atoms with E-state index < -0.39 is 12.0 Å². The largest absolute Gasteiger partial charge is 0.388 e. The van der Waals surface area contributed by atoms with Crippen molar-refractivity contribution in [2.24, 2.45) is 5.92 Å². The van der Waals surface area contributed by atoms with Crippen LogP contribution >= 0.6 is 0 Å². The molecule has 0 aliphatic heterocycles. The Hall–Kier alpha value is -2.65. The molecule has 0 spiro atoms.